The van der Waals surface area contributed by atoms with Crippen molar-refractivity contribution >= 4 is 35.0 Å². The van der Waals surface area contributed by atoms with E-state index >= 15 is 0 Å². The lowest BCUT2D eigenvalue weighted by Crippen LogP contribution is -2.38. The minimum atomic E-state index is -0.648. The maximum atomic E-state index is 12.8. The third-order valence-electron chi connectivity index (χ3n) is 7.16. The van der Waals surface area contributed by atoms with Crippen LogP contribution in [0, 0.1) is 5.92 Å². The molecule has 1 aliphatic rings. The van der Waals surface area contributed by atoms with E-state index < -0.39 is 6.29 Å². The van der Waals surface area contributed by atoms with Gasteiger partial charge in [-0.05, 0) is 59.7 Å². The molecule has 42 heavy (non-hydrogen) atoms. The van der Waals surface area contributed by atoms with Gasteiger partial charge in [-0.3, -0.25) is 9.59 Å². The van der Waals surface area contributed by atoms with Crippen LogP contribution in [0.4, 0.5) is 11.4 Å². The number of benzene rings is 4. The second kappa shape index (κ2) is 13.8. The number of hydrogen-bond donors (Lipinski definition) is 3. The van der Waals surface area contributed by atoms with E-state index in [0.717, 1.165) is 27.3 Å². The highest BCUT2D eigenvalue weighted by atomic mass is 32.2. The summed E-state index contributed by atoms with van der Waals surface area (Å²) in [5, 5.41) is 15.3. The molecule has 0 bridgehead atoms. The van der Waals surface area contributed by atoms with E-state index in [1.165, 1.54) is 6.92 Å². The summed E-state index contributed by atoms with van der Waals surface area (Å²) in [5.41, 5.74) is 4.65. The molecule has 5 rings (SSSR count). The molecule has 0 unspecified atom stereocenters. The SMILES string of the molecule is CC(=O)Nc1ccc(SC[C@H]2O[C@@H](c3cccc(NC(=O)c4ccccc4)c3)O[C@@H](c3ccc(CO)cc3)[C@H]2C)cc1. The number of carbonyl (C=O) groups excluding carboxylic acids is 2. The average molecular weight is 583 g/mol. The van der Waals surface area contributed by atoms with Gasteiger partial charge in [0.25, 0.3) is 5.91 Å². The zero-order valence-electron chi connectivity index (χ0n) is 23.5. The fourth-order valence-corrected chi connectivity index (χ4v) is 5.95. The predicted molar refractivity (Wildman–Crippen MR) is 165 cm³/mol. The quantitative estimate of drug-likeness (QED) is 0.184. The molecule has 1 saturated heterocycles. The maximum absolute atomic E-state index is 12.8. The lowest BCUT2D eigenvalue weighted by atomic mass is 9.91. The van der Waals surface area contributed by atoms with Crippen LogP contribution in [0.2, 0.25) is 0 Å². The highest BCUT2D eigenvalue weighted by Crippen LogP contribution is 2.43. The van der Waals surface area contributed by atoms with E-state index in [1.54, 1.807) is 23.9 Å². The topological polar surface area (TPSA) is 96.9 Å². The summed E-state index contributed by atoms with van der Waals surface area (Å²) < 4.78 is 13.1. The van der Waals surface area contributed by atoms with Crippen LogP contribution < -0.4 is 10.6 Å². The second-order valence-electron chi connectivity index (χ2n) is 10.3. The molecule has 7 nitrogen and oxygen atoms in total. The number of thioether (sulfide) groups is 1. The van der Waals surface area contributed by atoms with E-state index in [4.69, 9.17) is 9.47 Å². The third-order valence-corrected chi connectivity index (χ3v) is 8.27. The van der Waals surface area contributed by atoms with Gasteiger partial charge >= 0.3 is 0 Å². The van der Waals surface area contributed by atoms with Gasteiger partial charge in [-0.1, -0.05) is 61.5 Å². The van der Waals surface area contributed by atoms with Gasteiger partial charge in [0.05, 0.1) is 18.8 Å². The van der Waals surface area contributed by atoms with Crippen LogP contribution in [0.3, 0.4) is 0 Å². The van der Waals surface area contributed by atoms with Crippen molar-refractivity contribution in [3.05, 3.63) is 125 Å². The first-order valence-electron chi connectivity index (χ1n) is 13.9. The van der Waals surface area contributed by atoms with Crippen molar-refractivity contribution in [2.24, 2.45) is 5.92 Å². The molecule has 1 aliphatic heterocycles. The summed E-state index contributed by atoms with van der Waals surface area (Å²) in [6.07, 6.45) is -1.04. The monoisotopic (exact) mass is 582 g/mol. The fourth-order valence-electron chi connectivity index (χ4n) is 4.88. The summed E-state index contributed by atoms with van der Waals surface area (Å²) in [5.74, 6) is 0.435. The number of aliphatic hydroxyl groups excluding tert-OH is 1. The molecular weight excluding hydrogens is 548 g/mol. The van der Waals surface area contributed by atoms with Crippen molar-refractivity contribution in [3.8, 4) is 0 Å². The number of nitrogens with one attached hydrogen (secondary N) is 2. The Labute approximate surface area is 250 Å². The van der Waals surface area contributed by atoms with Gasteiger partial charge in [-0.2, -0.15) is 0 Å². The molecule has 4 atom stereocenters. The van der Waals surface area contributed by atoms with E-state index in [1.807, 2.05) is 91.0 Å². The summed E-state index contributed by atoms with van der Waals surface area (Å²) in [6.45, 7) is 3.60. The molecule has 4 aromatic carbocycles. The lowest BCUT2D eigenvalue weighted by molar-refractivity contribution is -0.268. The lowest BCUT2D eigenvalue weighted by Gasteiger charge is -2.41. The van der Waals surface area contributed by atoms with Gasteiger partial charge in [0, 0.05) is 46.0 Å². The molecule has 0 radical (unpaired) electrons. The van der Waals surface area contributed by atoms with Gasteiger partial charge < -0.3 is 25.2 Å². The minimum Gasteiger partial charge on any atom is -0.392 e. The molecule has 1 fully saturated rings. The number of hydrogen-bond acceptors (Lipinski definition) is 6. The number of anilines is 2. The number of aliphatic hydroxyl groups is 1. The smallest absolute Gasteiger partial charge is 0.255 e. The van der Waals surface area contributed by atoms with Crippen molar-refractivity contribution in [3.63, 3.8) is 0 Å². The van der Waals surface area contributed by atoms with Crippen LogP contribution in [-0.2, 0) is 20.9 Å². The van der Waals surface area contributed by atoms with Crippen LogP contribution >= 0.6 is 11.8 Å². The minimum absolute atomic E-state index is 0.0193. The summed E-state index contributed by atoms with van der Waals surface area (Å²) >= 11 is 1.68. The average Bonchev–Trinajstić information content (AvgIpc) is 3.01. The first-order chi connectivity index (χ1) is 20.4. The van der Waals surface area contributed by atoms with E-state index in [9.17, 15) is 14.7 Å². The number of amides is 2. The van der Waals surface area contributed by atoms with Gasteiger partial charge in [0.15, 0.2) is 6.29 Å². The van der Waals surface area contributed by atoms with Crippen molar-refractivity contribution < 1.29 is 24.2 Å². The number of ether oxygens (including phenoxy) is 2. The molecule has 0 spiro atoms. The largest absolute Gasteiger partial charge is 0.392 e. The number of rotatable bonds is 9. The van der Waals surface area contributed by atoms with Crippen molar-refractivity contribution in [1.29, 1.82) is 0 Å². The van der Waals surface area contributed by atoms with Crippen molar-refractivity contribution in [1.82, 2.24) is 0 Å². The second-order valence-corrected chi connectivity index (χ2v) is 11.4. The zero-order valence-corrected chi connectivity index (χ0v) is 24.3. The van der Waals surface area contributed by atoms with Crippen molar-refractivity contribution in [2.75, 3.05) is 16.4 Å². The summed E-state index contributed by atoms with van der Waals surface area (Å²) in [7, 11) is 0. The Balaban J connectivity index is 1.36. The molecule has 3 N–H and O–H groups in total. The molecule has 4 aromatic rings. The van der Waals surface area contributed by atoms with Crippen LogP contribution in [0.15, 0.2) is 108 Å². The molecule has 8 heteroatoms. The Morgan fingerprint density at radius 1 is 0.810 bits per heavy atom. The van der Waals surface area contributed by atoms with Gasteiger partial charge in [0.1, 0.15) is 0 Å². The maximum Gasteiger partial charge on any atom is 0.255 e. The molecule has 0 saturated carbocycles. The van der Waals surface area contributed by atoms with E-state index in [0.29, 0.717) is 17.0 Å². The van der Waals surface area contributed by atoms with E-state index in [2.05, 4.69) is 17.6 Å². The Kier molecular flexibility index (Phi) is 9.71. The van der Waals surface area contributed by atoms with Gasteiger partial charge in [-0.15, -0.1) is 11.8 Å². The molecule has 2 amide bonds. The Hall–Kier alpha value is -3.95. The first-order valence-corrected chi connectivity index (χ1v) is 14.9. The summed E-state index contributed by atoms with van der Waals surface area (Å²) in [4.78, 5) is 25.2. The zero-order chi connectivity index (χ0) is 29.5. The Bertz CT molecular complexity index is 1490. The van der Waals surface area contributed by atoms with Gasteiger partial charge in [-0.25, -0.2) is 0 Å². The normalized spacial score (nSPS) is 20.1. The highest BCUT2D eigenvalue weighted by molar-refractivity contribution is 7.99. The highest BCUT2D eigenvalue weighted by Gasteiger charge is 2.38. The van der Waals surface area contributed by atoms with Crippen LogP contribution in [0.1, 0.15) is 53.3 Å². The van der Waals surface area contributed by atoms with Gasteiger partial charge in [0.2, 0.25) is 5.91 Å². The molecule has 216 valence electrons. The molecule has 0 aliphatic carbocycles. The molecule has 1 heterocycles. The summed E-state index contributed by atoms with van der Waals surface area (Å²) in [6, 6.07) is 32.2. The third kappa shape index (κ3) is 7.46. The number of carbonyl (C=O) groups is 2. The predicted octanol–water partition coefficient (Wildman–Crippen LogP) is 6.97. The van der Waals surface area contributed by atoms with Crippen LogP contribution in [0.25, 0.3) is 0 Å². The molecule has 0 aromatic heterocycles. The van der Waals surface area contributed by atoms with Crippen LogP contribution in [-0.4, -0.2) is 28.8 Å². The first kappa shape index (κ1) is 29.5. The fraction of sp³-hybridized carbons (Fsp3) is 0.235. The van der Waals surface area contributed by atoms with E-state index in [-0.39, 0.29) is 36.5 Å². The Morgan fingerprint density at radius 2 is 1.55 bits per heavy atom. The van der Waals surface area contributed by atoms with Crippen LogP contribution in [0.5, 0.6) is 0 Å². The standard InChI is InChI=1S/C34H34N2O5S/c1-22-31(21-42-30-17-15-28(16-18-30)35-23(2)38)40-34(41-32(22)25-13-11-24(20-37)12-14-25)27-9-6-10-29(19-27)36-33(39)26-7-4-3-5-8-26/h3-19,22,31-32,34,37H,20-21H2,1-2H3,(H,35,38)(H,36,39)/t22-,31+,32+,34+/m0/s1. The van der Waals surface area contributed by atoms with Crippen molar-refractivity contribution in [2.45, 2.75) is 43.8 Å². The molecular formula is C34H34N2O5S. The Morgan fingerprint density at radius 3 is 2.24 bits per heavy atom.